The first-order valence-corrected chi connectivity index (χ1v) is 7.74. The summed E-state index contributed by atoms with van der Waals surface area (Å²) in [6, 6.07) is 8.21. The maximum atomic E-state index is 12.1. The number of rotatable bonds is 4. The number of carbonyl (C=O) groups excluding carboxylic acids is 1. The van der Waals surface area contributed by atoms with Crippen LogP contribution < -0.4 is 10.2 Å². The predicted octanol–water partition coefficient (Wildman–Crippen LogP) is 3.45. The van der Waals surface area contributed by atoms with Gasteiger partial charge in [0, 0.05) is 30.4 Å². The van der Waals surface area contributed by atoms with Crippen molar-refractivity contribution in [2.75, 3.05) is 18.0 Å². The van der Waals surface area contributed by atoms with E-state index in [1.165, 1.54) is 24.9 Å². The average molecular weight is 274 g/mol. The van der Waals surface area contributed by atoms with E-state index in [-0.39, 0.29) is 11.9 Å². The highest BCUT2D eigenvalue weighted by atomic mass is 16.1. The molecular weight excluding hydrogens is 248 g/mol. The van der Waals surface area contributed by atoms with E-state index in [4.69, 9.17) is 0 Å². The van der Waals surface area contributed by atoms with Crippen LogP contribution in [0.1, 0.15) is 50.4 Å². The molecule has 1 heterocycles. The maximum absolute atomic E-state index is 12.1. The van der Waals surface area contributed by atoms with Crippen LogP contribution in [0.15, 0.2) is 24.3 Å². The molecule has 0 spiro atoms. The van der Waals surface area contributed by atoms with Crippen molar-refractivity contribution >= 4 is 11.6 Å². The van der Waals surface area contributed by atoms with E-state index < -0.39 is 0 Å². The zero-order valence-electron chi connectivity index (χ0n) is 12.9. The molecule has 110 valence electrons. The largest absolute Gasteiger partial charge is 0.372 e. The number of nitrogens with one attached hydrogen (secondary N) is 1. The monoisotopic (exact) mass is 274 g/mol. The van der Waals surface area contributed by atoms with Crippen LogP contribution in [-0.4, -0.2) is 25.0 Å². The number of anilines is 1. The first-order valence-electron chi connectivity index (χ1n) is 7.74. The van der Waals surface area contributed by atoms with E-state index in [0.29, 0.717) is 5.92 Å². The Morgan fingerprint density at radius 1 is 1.05 bits per heavy atom. The second-order valence-corrected chi connectivity index (χ2v) is 6.10. The van der Waals surface area contributed by atoms with E-state index >= 15 is 0 Å². The molecule has 20 heavy (non-hydrogen) atoms. The molecule has 0 aromatic heterocycles. The fraction of sp³-hybridized carbons (Fsp3) is 0.588. The van der Waals surface area contributed by atoms with Crippen molar-refractivity contribution in [1.82, 2.24) is 5.32 Å². The van der Waals surface area contributed by atoms with Gasteiger partial charge < -0.3 is 10.2 Å². The molecule has 1 saturated heterocycles. The summed E-state index contributed by atoms with van der Waals surface area (Å²) in [5, 5.41) is 3.04. The van der Waals surface area contributed by atoms with E-state index in [0.717, 1.165) is 18.7 Å². The second-order valence-electron chi connectivity index (χ2n) is 6.10. The van der Waals surface area contributed by atoms with E-state index in [1.807, 2.05) is 19.1 Å². The molecule has 3 nitrogen and oxygen atoms in total. The molecule has 1 aromatic rings. The Labute approximate surface area is 122 Å². The minimum Gasteiger partial charge on any atom is -0.372 e. The van der Waals surface area contributed by atoms with Crippen LogP contribution in [0, 0.1) is 5.92 Å². The first kappa shape index (κ1) is 14.9. The second kappa shape index (κ2) is 6.78. The summed E-state index contributed by atoms with van der Waals surface area (Å²) in [6.45, 7) is 8.55. The normalized spacial score (nSPS) is 17.1. The summed E-state index contributed by atoms with van der Waals surface area (Å²) in [4.78, 5) is 14.5. The highest BCUT2D eigenvalue weighted by Gasteiger charge is 2.14. The van der Waals surface area contributed by atoms with E-state index in [1.54, 1.807) is 0 Å². The van der Waals surface area contributed by atoms with Gasteiger partial charge in [-0.2, -0.15) is 0 Å². The number of amides is 1. The number of hydrogen-bond acceptors (Lipinski definition) is 2. The third-order valence-electron chi connectivity index (χ3n) is 4.21. The number of nitrogens with zero attached hydrogens (tertiary/aromatic N) is 1. The highest BCUT2D eigenvalue weighted by molar-refractivity contribution is 5.94. The zero-order valence-corrected chi connectivity index (χ0v) is 12.9. The van der Waals surface area contributed by atoms with Crippen LogP contribution in [0.5, 0.6) is 0 Å². The van der Waals surface area contributed by atoms with Crippen LogP contribution in [0.25, 0.3) is 0 Å². The molecule has 1 aromatic carbocycles. The lowest BCUT2D eigenvalue weighted by Crippen LogP contribution is -2.36. The Balaban J connectivity index is 1.98. The Morgan fingerprint density at radius 3 is 2.20 bits per heavy atom. The quantitative estimate of drug-likeness (QED) is 0.912. The molecule has 0 aliphatic carbocycles. The van der Waals surface area contributed by atoms with Gasteiger partial charge in [-0.05, 0) is 56.4 Å². The summed E-state index contributed by atoms with van der Waals surface area (Å²) in [6.07, 6.45) is 3.88. The molecule has 3 heteroatoms. The molecule has 1 fully saturated rings. The van der Waals surface area contributed by atoms with Crippen molar-refractivity contribution in [3.63, 3.8) is 0 Å². The number of piperidine rings is 1. The summed E-state index contributed by atoms with van der Waals surface area (Å²) < 4.78 is 0. The molecule has 1 N–H and O–H groups in total. The van der Waals surface area contributed by atoms with Gasteiger partial charge in [-0.3, -0.25) is 4.79 Å². The summed E-state index contributed by atoms with van der Waals surface area (Å²) in [5.74, 6) is 0.475. The molecule has 1 aliphatic rings. The van der Waals surface area contributed by atoms with E-state index in [9.17, 15) is 4.79 Å². The minimum atomic E-state index is 0.0244. The Kier molecular flexibility index (Phi) is 5.05. The molecule has 1 atom stereocenters. The lowest BCUT2D eigenvalue weighted by molar-refractivity contribution is 0.0930. The van der Waals surface area contributed by atoms with Crippen molar-refractivity contribution < 1.29 is 4.79 Å². The lowest BCUT2D eigenvalue weighted by Gasteiger charge is -2.28. The Bertz CT molecular complexity index is 433. The van der Waals surface area contributed by atoms with Gasteiger partial charge >= 0.3 is 0 Å². The summed E-state index contributed by atoms with van der Waals surface area (Å²) >= 11 is 0. The van der Waals surface area contributed by atoms with Crippen molar-refractivity contribution in [3.8, 4) is 0 Å². The molecule has 2 rings (SSSR count). The van der Waals surface area contributed by atoms with Crippen LogP contribution in [0.3, 0.4) is 0 Å². The van der Waals surface area contributed by atoms with Crippen LogP contribution in [-0.2, 0) is 0 Å². The predicted molar refractivity (Wildman–Crippen MR) is 84.3 cm³/mol. The van der Waals surface area contributed by atoms with Gasteiger partial charge in [-0.1, -0.05) is 13.8 Å². The van der Waals surface area contributed by atoms with Crippen molar-refractivity contribution in [1.29, 1.82) is 0 Å². The number of benzene rings is 1. The fourth-order valence-corrected chi connectivity index (χ4v) is 2.43. The van der Waals surface area contributed by atoms with Gasteiger partial charge in [0.05, 0.1) is 0 Å². The molecule has 0 bridgehead atoms. The molecule has 0 saturated carbocycles. The summed E-state index contributed by atoms with van der Waals surface area (Å²) in [7, 11) is 0. The molecule has 1 amide bonds. The third kappa shape index (κ3) is 3.75. The van der Waals surface area contributed by atoms with Crippen LogP contribution >= 0.6 is 0 Å². The number of carbonyl (C=O) groups is 1. The fourth-order valence-electron chi connectivity index (χ4n) is 2.43. The molecule has 1 aliphatic heterocycles. The van der Waals surface area contributed by atoms with Crippen molar-refractivity contribution in [2.24, 2.45) is 5.92 Å². The van der Waals surface area contributed by atoms with Gasteiger partial charge in [-0.15, -0.1) is 0 Å². The minimum absolute atomic E-state index is 0.0244. The first-order chi connectivity index (χ1) is 9.58. The van der Waals surface area contributed by atoms with E-state index in [2.05, 4.69) is 36.2 Å². The zero-order chi connectivity index (χ0) is 14.5. The molecule has 0 unspecified atom stereocenters. The van der Waals surface area contributed by atoms with Gasteiger partial charge in [0.15, 0.2) is 0 Å². The highest BCUT2D eigenvalue weighted by Crippen LogP contribution is 2.20. The Hall–Kier alpha value is -1.51. The molecule has 0 radical (unpaired) electrons. The Morgan fingerprint density at radius 2 is 1.65 bits per heavy atom. The topological polar surface area (TPSA) is 32.3 Å². The SMILES string of the molecule is CC(C)[C@H](C)NC(=O)c1ccc(N2CCCCC2)cc1. The average Bonchev–Trinajstić information content (AvgIpc) is 2.48. The number of hydrogen-bond donors (Lipinski definition) is 1. The van der Waals surface area contributed by atoms with Gasteiger partial charge in [0.1, 0.15) is 0 Å². The van der Waals surface area contributed by atoms with Gasteiger partial charge in [0.2, 0.25) is 0 Å². The standard InChI is InChI=1S/C17H26N2O/c1-13(2)14(3)18-17(20)15-7-9-16(10-8-15)19-11-5-4-6-12-19/h7-10,13-14H,4-6,11-12H2,1-3H3,(H,18,20)/t14-/m0/s1. The van der Waals surface area contributed by atoms with Gasteiger partial charge in [-0.25, -0.2) is 0 Å². The van der Waals surface area contributed by atoms with Crippen molar-refractivity contribution in [3.05, 3.63) is 29.8 Å². The third-order valence-corrected chi connectivity index (χ3v) is 4.21. The molecular formula is C17H26N2O. The van der Waals surface area contributed by atoms with Crippen LogP contribution in [0.2, 0.25) is 0 Å². The van der Waals surface area contributed by atoms with Gasteiger partial charge in [0.25, 0.3) is 5.91 Å². The maximum Gasteiger partial charge on any atom is 0.251 e. The smallest absolute Gasteiger partial charge is 0.251 e. The van der Waals surface area contributed by atoms with Crippen LogP contribution in [0.4, 0.5) is 5.69 Å². The lowest BCUT2D eigenvalue weighted by atomic mass is 10.1. The van der Waals surface area contributed by atoms with Crippen molar-refractivity contribution in [2.45, 2.75) is 46.1 Å². The summed E-state index contributed by atoms with van der Waals surface area (Å²) in [5.41, 5.74) is 1.98.